The fraction of sp³-hybridized carbons (Fsp3) is 0.818. The minimum Gasteiger partial charge on any atom is -0.499 e. The Morgan fingerprint density at radius 1 is 1.46 bits per heavy atom. The smallest absolute Gasteiger partial charge is 0.123 e. The largest absolute Gasteiger partial charge is 0.499 e. The van der Waals surface area contributed by atoms with Crippen LogP contribution in [0.15, 0.2) is 11.8 Å². The first-order valence-corrected chi connectivity index (χ1v) is 5.24. The van der Waals surface area contributed by atoms with Crippen LogP contribution in [0.1, 0.15) is 39.0 Å². The highest BCUT2D eigenvalue weighted by atomic mass is 16.5. The summed E-state index contributed by atoms with van der Waals surface area (Å²) in [4.78, 5) is 0. The quantitative estimate of drug-likeness (QED) is 0.591. The summed E-state index contributed by atoms with van der Waals surface area (Å²) in [5.74, 6) is 1.02. The van der Waals surface area contributed by atoms with Gasteiger partial charge >= 0.3 is 0 Å². The first kappa shape index (κ1) is 10.6. The van der Waals surface area contributed by atoms with Crippen molar-refractivity contribution in [1.29, 1.82) is 0 Å². The maximum Gasteiger partial charge on any atom is 0.123 e. The second-order valence-corrected chi connectivity index (χ2v) is 3.48. The summed E-state index contributed by atoms with van der Waals surface area (Å²) in [5, 5.41) is 0. The van der Waals surface area contributed by atoms with E-state index in [-0.39, 0.29) is 6.10 Å². The van der Waals surface area contributed by atoms with E-state index in [1.807, 2.05) is 6.08 Å². The van der Waals surface area contributed by atoms with Crippen LogP contribution in [0.3, 0.4) is 0 Å². The highest BCUT2D eigenvalue weighted by Crippen LogP contribution is 2.20. The lowest BCUT2D eigenvalue weighted by molar-refractivity contribution is 0.0771. The average Bonchev–Trinajstić information content (AvgIpc) is 2.60. The van der Waals surface area contributed by atoms with Gasteiger partial charge in [-0.1, -0.05) is 32.6 Å². The molecule has 1 aliphatic rings. The van der Waals surface area contributed by atoms with E-state index < -0.39 is 0 Å². The summed E-state index contributed by atoms with van der Waals surface area (Å²) in [7, 11) is 1.72. The first-order chi connectivity index (χ1) is 6.38. The summed E-state index contributed by atoms with van der Waals surface area (Å²) in [6, 6.07) is 0. The maximum atomic E-state index is 5.52. The third-order valence-electron chi connectivity index (χ3n) is 2.45. The van der Waals surface area contributed by atoms with E-state index in [1.54, 1.807) is 7.11 Å². The molecule has 0 saturated carbocycles. The molecule has 0 aromatic carbocycles. The zero-order valence-electron chi connectivity index (χ0n) is 8.71. The molecule has 1 rings (SSSR count). The Bertz CT molecular complexity index is 163. The van der Waals surface area contributed by atoms with Crippen LogP contribution in [-0.4, -0.2) is 19.8 Å². The Labute approximate surface area is 80.9 Å². The highest BCUT2D eigenvalue weighted by molar-refractivity contribution is 5.05. The van der Waals surface area contributed by atoms with Crippen molar-refractivity contribution >= 4 is 0 Å². The van der Waals surface area contributed by atoms with Gasteiger partial charge < -0.3 is 9.47 Å². The standard InChI is InChI=1S/C11H20O2/c1-3-4-5-6-7-11-10(12-2)8-9-13-11/h8,11H,3-7,9H2,1-2H3. The van der Waals surface area contributed by atoms with Gasteiger partial charge in [-0.2, -0.15) is 0 Å². The van der Waals surface area contributed by atoms with Gasteiger partial charge in [0.05, 0.1) is 13.7 Å². The molecule has 76 valence electrons. The van der Waals surface area contributed by atoms with E-state index in [9.17, 15) is 0 Å². The van der Waals surface area contributed by atoms with Crippen molar-refractivity contribution in [2.45, 2.75) is 45.1 Å². The monoisotopic (exact) mass is 184 g/mol. The zero-order chi connectivity index (χ0) is 9.52. The Morgan fingerprint density at radius 2 is 2.31 bits per heavy atom. The van der Waals surface area contributed by atoms with Gasteiger partial charge in [0.15, 0.2) is 0 Å². The Kier molecular flexibility index (Phi) is 4.91. The van der Waals surface area contributed by atoms with Crippen LogP contribution in [0.2, 0.25) is 0 Å². The number of hydrogen-bond donors (Lipinski definition) is 0. The molecule has 0 aliphatic carbocycles. The van der Waals surface area contributed by atoms with Crippen LogP contribution >= 0.6 is 0 Å². The maximum absolute atomic E-state index is 5.52. The van der Waals surface area contributed by atoms with Gasteiger partial charge in [0.2, 0.25) is 0 Å². The third kappa shape index (κ3) is 3.39. The fourth-order valence-corrected chi connectivity index (χ4v) is 1.66. The molecule has 0 amide bonds. The molecule has 0 saturated heterocycles. The lowest BCUT2D eigenvalue weighted by atomic mass is 10.1. The summed E-state index contributed by atoms with van der Waals surface area (Å²) in [6.45, 7) is 2.95. The molecule has 2 heteroatoms. The number of unbranched alkanes of at least 4 members (excludes halogenated alkanes) is 3. The predicted molar refractivity (Wildman–Crippen MR) is 53.6 cm³/mol. The van der Waals surface area contributed by atoms with Gasteiger partial charge in [0.1, 0.15) is 11.9 Å². The van der Waals surface area contributed by atoms with Gasteiger partial charge in [-0.25, -0.2) is 0 Å². The molecular weight excluding hydrogens is 164 g/mol. The molecule has 1 heterocycles. The van der Waals surface area contributed by atoms with Crippen molar-refractivity contribution in [3.8, 4) is 0 Å². The van der Waals surface area contributed by atoms with Crippen LogP contribution in [0.25, 0.3) is 0 Å². The molecule has 1 atom stereocenters. The normalized spacial score (nSPS) is 21.7. The predicted octanol–water partition coefficient (Wildman–Crippen LogP) is 2.89. The molecule has 2 nitrogen and oxygen atoms in total. The first-order valence-electron chi connectivity index (χ1n) is 5.24. The molecule has 1 unspecified atom stereocenters. The Morgan fingerprint density at radius 3 is 3.00 bits per heavy atom. The summed E-state index contributed by atoms with van der Waals surface area (Å²) < 4.78 is 10.7. The average molecular weight is 184 g/mol. The van der Waals surface area contributed by atoms with Gasteiger partial charge in [0, 0.05) is 0 Å². The van der Waals surface area contributed by atoms with Gasteiger partial charge in [-0.15, -0.1) is 0 Å². The lowest BCUT2D eigenvalue weighted by Crippen LogP contribution is -2.11. The molecule has 13 heavy (non-hydrogen) atoms. The second kappa shape index (κ2) is 6.03. The van der Waals surface area contributed by atoms with E-state index in [2.05, 4.69) is 6.92 Å². The minimum atomic E-state index is 0.238. The van der Waals surface area contributed by atoms with Crippen LogP contribution in [-0.2, 0) is 9.47 Å². The second-order valence-electron chi connectivity index (χ2n) is 3.48. The molecular formula is C11H20O2. The number of ether oxygens (including phenoxy) is 2. The van der Waals surface area contributed by atoms with Gasteiger partial charge in [0.25, 0.3) is 0 Å². The van der Waals surface area contributed by atoms with Crippen LogP contribution in [0.4, 0.5) is 0 Å². The lowest BCUT2D eigenvalue weighted by Gasteiger charge is -2.12. The van der Waals surface area contributed by atoms with E-state index >= 15 is 0 Å². The summed E-state index contributed by atoms with van der Waals surface area (Å²) >= 11 is 0. The van der Waals surface area contributed by atoms with Crippen molar-refractivity contribution in [2.75, 3.05) is 13.7 Å². The van der Waals surface area contributed by atoms with Crippen molar-refractivity contribution < 1.29 is 9.47 Å². The van der Waals surface area contributed by atoms with E-state index in [4.69, 9.17) is 9.47 Å². The van der Waals surface area contributed by atoms with Crippen molar-refractivity contribution in [2.24, 2.45) is 0 Å². The third-order valence-corrected chi connectivity index (χ3v) is 2.45. The summed E-state index contributed by atoms with van der Waals surface area (Å²) in [6.07, 6.45) is 8.57. The van der Waals surface area contributed by atoms with Gasteiger partial charge in [-0.3, -0.25) is 0 Å². The summed E-state index contributed by atoms with van der Waals surface area (Å²) in [5.41, 5.74) is 0. The molecule has 0 N–H and O–H groups in total. The molecule has 0 spiro atoms. The van der Waals surface area contributed by atoms with Crippen LogP contribution < -0.4 is 0 Å². The molecule has 0 radical (unpaired) electrons. The van der Waals surface area contributed by atoms with Gasteiger partial charge in [-0.05, 0) is 12.5 Å². The van der Waals surface area contributed by atoms with Crippen molar-refractivity contribution in [3.05, 3.63) is 11.8 Å². The molecule has 0 aromatic heterocycles. The number of methoxy groups -OCH3 is 1. The zero-order valence-corrected chi connectivity index (χ0v) is 8.71. The topological polar surface area (TPSA) is 18.5 Å². The fourth-order valence-electron chi connectivity index (χ4n) is 1.66. The van der Waals surface area contributed by atoms with Crippen molar-refractivity contribution in [1.82, 2.24) is 0 Å². The van der Waals surface area contributed by atoms with E-state index in [0.29, 0.717) is 0 Å². The molecule has 1 aliphatic heterocycles. The Hall–Kier alpha value is -0.500. The van der Waals surface area contributed by atoms with E-state index in [0.717, 1.165) is 18.8 Å². The SMILES string of the molecule is CCCCCCC1OCC=C1OC. The van der Waals surface area contributed by atoms with Crippen LogP contribution in [0.5, 0.6) is 0 Å². The number of hydrogen-bond acceptors (Lipinski definition) is 2. The van der Waals surface area contributed by atoms with E-state index in [1.165, 1.54) is 25.7 Å². The number of rotatable bonds is 6. The minimum absolute atomic E-state index is 0.238. The molecule has 0 fully saturated rings. The highest BCUT2D eigenvalue weighted by Gasteiger charge is 2.19. The Balaban J connectivity index is 2.11. The molecule has 0 bridgehead atoms. The van der Waals surface area contributed by atoms with Crippen molar-refractivity contribution in [3.63, 3.8) is 0 Å². The molecule has 0 aromatic rings. The van der Waals surface area contributed by atoms with Crippen LogP contribution in [0, 0.1) is 0 Å².